The number of piperidine rings is 1. The van der Waals surface area contributed by atoms with E-state index in [1.807, 2.05) is 19.1 Å². The van der Waals surface area contributed by atoms with Gasteiger partial charge in [0.05, 0.1) is 0 Å². The fourth-order valence-electron chi connectivity index (χ4n) is 3.18. The summed E-state index contributed by atoms with van der Waals surface area (Å²) in [4.78, 5) is 13.4. The second-order valence-corrected chi connectivity index (χ2v) is 6.70. The van der Waals surface area contributed by atoms with Gasteiger partial charge in [0, 0.05) is 49.5 Å². The maximum atomic E-state index is 6.07. The summed E-state index contributed by atoms with van der Waals surface area (Å²) in [6, 6.07) is 10.8. The predicted molar refractivity (Wildman–Crippen MR) is 94.9 cm³/mol. The minimum Gasteiger partial charge on any atom is -0.356 e. The summed E-state index contributed by atoms with van der Waals surface area (Å²) in [5, 5.41) is 0.816. The molecule has 1 aromatic carbocycles. The number of rotatable bonds is 4. The van der Waals surface area contributed by atoms with E-state index in [1.165, 1.54) is 5.56 Å². The quantitative estimate of drug-likeness (QED) is 0.858. The molecule has 5 heteroatoms. The summed E-state index contributed by atoms with van der Waals surface area (Å²) in [6.07, 6.45) is 3.95. The average Bonchev–Trinajstić information content (AvgIpc) is 2.55. The summed E-state index contributed by atoms with van der Waals surface area (Å²) < 4.78 is 0. The van der Waals surface area contributed by atoms with Crippen LogP contribution in [0.5, 0.6) is 0 Å². The summed E-state index contributed by atoms with van der Waals surface area (Å²) in [5.41, 5.74) is 2.30. The molecule has 1 saturated heterocycles. The van der Waals surface area contributed by atoms with Crippen LogP contribution in [-0.4, -0.2) is 41.0 Å². The van der Waals surface area contributed by atoms with Crippen molar-refractivity contribution < 1.29 is 0 Å². The monoisotopic (exact) mass is 330 g/mol. The van der Waals surface area contributed by atoms with E-state index in [4.69, 9.17) is 11.6 Å². The molecule has 1 aliphatic rings. The lowest BCUT2D eigenvalue weighted by molar-refractivity contribution is 0.203. The van der Waals surface area contributed by atoms with Crippen molar-refractivity contribution in [3.05, 3.63) is 52.9 Å². The van der Waals surface area contributed by atoms with Crippen LogP contribution >= 0.6 is 11.6 Å². The maximum absolute atomic E-state index is 6.07. The van der Waals surface area contributed by atoms with Gasteiger partial charge in [0.25, 0.3) is 0 Å². The zero-order valence-corrected chi connectivity index (χ0v) is 14.5. The first-order chi connectivity index (χ1) is 11.1. The lowest BCUT2D eigenvalue weighted by atomic mass is 10.0. The molecule has 1 fully saturated rings. The van der Waals surface area contributed by atoms with E-state index in [0.29, 0.717) is 6.04 Å². The molecule has 4 nitrogen and oxygen atoms in total. The number of nitrogens with zero attached hydrogens (tertiary/aromatic N) is 4. The van der Waals surface area contributed by atoms with Crippen LogP contribution in [0.4, 0.5) is 5.82 Å². The SMILES string of the molecule is Cc1cc(N(C)C2CCN(Cc3cccc(Cl)c3)CC2)ncn1. The normalized spacial score (nSPS) is 16.5. The topological polar surface area (TPSA) is 32.3 Å². The molecule has 122 valence electrons. The Hall–Kier alpha value is -1.65. The van der Waals surface area contributed by atoms with E-state index in [-0.39, 0.29) is 0 Å². The van der Waals surface area contributed by atoms with Crippen molar-refractivity contribution in [2.45, 2.75) is 32.4 Å². The van der Waals surface area contributed by atoms with E-state index in [9.17, 15) is 0 Å². The third kappa shape index (κ3) is 4.21. The van der Waals surface area contributed by atoms with Gasteiger partial charge in [-0.05, 0) is 37.5 Å². The fourth-order valence-corrected chi connectivity index (χ4v) is 3.39. The lowest BCUT2D eigenvalue weighted by Crippen LogP contribution is -2.43. The van der Waals surface area contributed by atoms with Crippen molar-refractivity contribution >= 4 is 17.4 Å². The second kappa shape index (κ2) is 7.28. The van der Waals surface area contributed by atoms with Crippen molar-refractivity contribution in [1.29, 1.82) is 0 Å². The first-order valence-electron chi connectivity index (χ1n) is 8.10. The lowest BCUT2D eigenvalue weighted by Gasteiger charge is -2.37. The number of benzene rings is 1. The van der Waals surface area contributed by atoms with Crippen LogP contribution in [0.2, 0.25) is 5.02 Å². The summed E-state index contributed by atoms with van der Waals surface area (Å²) in [5.74, 6) is 1.02. The van der Waals surface area contributed by atoms with Gasteiger partial charge in [0.2, 0.25) is 0 Å². The van der Waals surface area contributed by atoms with Crippen LogP contribution in [0.1, 0.15) is 24.1 Å². The molecule has 0 atom stereocenters. The van der Waals surface area contributed by atoms with E-state index in [2.05, 4.69) is 45.0 Å². The molecular weight excluding hydrogens is 308 g/mol. The first kappa shape index (κ1) is 16.2. The molecule has 3 rings (SSSR count). The van der Waals surface area contributed by atoms with E-state index < -0.39 is 0 Å². The fraction of sp³-hybridized carbons (Fsp3) is 0.444. The van der Waals surface area contributed by atoms with Crippen LogP contribution in [-0.2, 0) is 6.54 Å². The van der Waals surface area contributed by atoms with Gasteiger partial charge in [0.15, 0.2) is 0 Å². The van der Waals surface area contributed by atoms with Gasteiger partial charge in [-0.3, -0.25) is 4.90 Å². The van der Waals surface area contributed by atoms with Gasteiger partial charge in [-0.25, -0.2) is 9.97 Å². The van der Waals surface area contributed by atoms with Crippen LogP contribution in [0.25, 0.3) is 0 Å². The highest BCUT2D eigenvalue weighted by atomic mass is 35.5. The third-order valence-corrected chi connectivity index (χ3v) is 4.79. The van der Waals surface area contributed by atoms with Crippen LogP contribution < -0.4 is 4.90 Å². The van der Waals surface area contributed by atoms with Gasteiger partial charge >= 0.3 is 0 Å². The molecule has 0 spiro atoms. The first-order valence-corrected chi connectivity index (χ1v) is 8.48. The standard InChI is InChI=1S/C18H23ClN4/c1-14-10-18(21-13-20-14)22(2)17-6-8-23(9-7-17)12-15-4-3-5-16(19)11-15/h3-5,10-11,13,17H,6-9,12H2,1-2H3. The summed E-state index contributed by atoms with van der Waals surface area (Å²) in [6.45, 7) is 5.19. The number of aromatic nitrogens is 2. The van der Waals surface area contributed by atoms with Crippen molar-refractivity contribution in [3.63, 3.8) is 0 Å². The molecule has 2 heterocycles. The maximum Gasteiger partial charge on any atom is 0.132 e. The smallest absolute Gasteiger partial charge is 0.132 e. The Bertz CT molecular complexity index is 653. The van der Waals surface area contributed by atoms with Crippen LogP contribution in [0, 0.1) is 6.92 Å². The van der Waals surface area contributed by atoms with Gasteiger partial charge in [-0.2, -0.15) is 0 Å². The number of likely N-dealkylation sites (tertiary alicyclic amines) is 1. The second-order valence-electron chi connectivity index (χ2n) is 6.27. The van der Waals surface area contributed by atoms with Gasteiger partial charge in [-0.15, -0.1) is 0 Å². The Morgan fingerprint density at radius 3 is 2.70 bits per heavy atom. The Labute approximate surface area is 143 Å². The zero-order valence-electron chi connectivity index (χ0n) is 13.7. The molecular formula is C18H23ClN4. The average molecular weight is 331 g/mol. The summed E-state index contributed by atoms with van der Waals surface area (Å²) >= 11 is 6.07. The Kier molecular flexibility index (Phi) is 5.13. The van der Waals surface area contributed by atoms with Gasteiger partial charge < -0.3 is 4.90 Å². The molecule has 0 bridgehead atoms. The predicted octanol–water partition coefficient (Wildman–Crippen LogP) is 3.54. The van der Waals surface area contributed by atoms with Gasteiger partial charge in [-0.1, -0.05) is 23.7 Å². The minimum atomic E-state index is 0.542. The Morgan fingerprint density at radius 2 is 2.00 bits per heavy atom. The molecule has 0 amide bonds. The third-order valence-electron chi connectivity index (χ3n) is 4.55. The minimum absolute atomic E-state index is 0.542. The molecule has 1 aromatic heterocycles. The molecule has 0 aliphatic carbocycles. The van der Waals surface area contributed by atoms with E-state index in [0.717, 1.165) is 49.0 Å². The van der Waals surface area contributed by atoms with Crippen molar-refractivity contribution in [1.82, 2.24) is 14.9 Å². The van der Waals surface area contributed by atoms with E-state index in [1.54, 1.807) is 6.33 Å². The highest BCUT2D eigenvalue weighted by Crippen LogP contribution is 2.22. The molecule has 0 saturated carbocycles. The number of aryl methyl sites for hydroxylation is 1. The Morgan fingerprint density at radius 1 is 1.22 bits per heavy atom. The van der Waals surface area contributed by atoms with E-state index >= 15 is 0 Å². The van der Waals surface area contributed by atoms with Gasteiger partial charge in [0.1, 0.15) is 12.1 Å². The summed E-state index contributed by atoms with van der Waals surface area (Å²) in [7, 11) is 2.14. The molecule has 1 aliphatic heterocycles. The Balaban J connectivity index is 1.56. The van der Waals surface area contributed by atoms with Crippen molar-refractivity contribution in [3.8, 4) is 0 Å². The zero-order chi connectivity index (χ0) is 16.2. The number of hydrogen-bond acceptors (Lipinski definition) is 4. The number of halogens is 1. The van der Waals surface area contributed by atoms with Crippen molar-refractivity contribution in [2.24, 2.45) is 0 Å². The van der Waals surface area contributed by atoms with Crippen molar-refractivity contribution in [2.75, 3.05) is 25.0 Å². The highest BCUT2D eigenvalue weighted by molar-refractivity contribution is 6.30. The molecule has 23 heavy (non-hydrogen) atoms. The van der Waals surface area contributed by atoms with Crippen LogP contribution in [0.3, 0.4) is 0 Å². The number of hydrogen-bond donors (Lipinski definition) is 0. The largest absolute Gasteiger partial charge is 0.356 e. The molecule has 0 N–H and O–H groups in total. The molecule has 2 aromatic rings. The molecule has 0 unspecified atom stereocenters. The van der Waals surface area contributed by atoms with Crippen LogP contribution in [0.15, 0.2) is 36.7 Å². The number of anilines is 1. The highest BCUT2D eigenvalue weighted by Gasteiger charge is 2.23. The molecule has 0 radical (unpaired) electrons.